The summed E-state index contributed by atoms with van der Waals surface area (Å²) in [7, 11) is 0. The van der Waals surface area contributed by atoms with Crippen molar-refractivity contribution in [2.75, 3.05) is 0 Å². The topological polar surface area (TPSA) is 103 Å². The summed E-state index contributed by atoms with van der Waals surface area (Å²) < 4.78 is 0. The Morgan fingerprint density at radius 1 is 1.47 bits per heavy atom. The number of rotatable bonds is 5. The SMILES string of the molecule is NC(=O)CC=Cc1ccc(C=O)cc1[N+](=O)[O-]. The van der Waals surface area contributed by atoms with Crippen molar-refractivity contribution in [1.82, 2.24) is 0 Å². The third-order valence-electron chi connectivity index (χ3n) is 2.00. The quantitative estimate of drug-likeness (QED) is 0.471. The summed E-state index contributed by atoms with van der Waals surface area (Å²) in [6.07, 6.45) is 3.40. The Morgan fingerprint density at radius 2 is 2.18 bits per heavy atom. The van der Waals surface area contributed by atoms with Crippen LogP contribution in [-0.2, 0) is 4.79 Å². The van der Waals surface area contributed by atoms with Crippen LogP contribution >= 0.6 is 0 Å². The van der Waals surface area contributed by atoms with Crippen LogP contribution < -0.4 is 5.73 Å². The van der Waals surface area contributed by atoms with Crippen molar-refractivity contribution >= 4 is 24.0 Å². The van der Waals surface area contributed by atoms with Crippen LogP contribution in [0.2, 0.25) is 0 Å². The van der Waals surface area contributed by atoms with E-state index in [9.17, 15) is 19.7 Å². The Hall–Kier alpha value is -2.50. The van der Waals surface area contributed by atoms with Crippen LogP contribution in [0.1, 0.15) is 22.3 Å². The van der Waals surface area contributed by atoms with Crippen molar-refractivity contribution in [3.8, 4) is 0 Å². The van der Waals surface area contributed by atoms with Gasteiger partial charge in [0.05, 0.1) is 10.5 Å². The first-order valence-electron chi connectivity index (χ1n) is 4.73. The first kappa shape index (κ1) is 12.6. The summed E-state index contributed by atoms with van der Waals surface area (Å²) in [6.45, 7) is 0. The summed E-state index contributed by atoms with van der Waals surface area (Å²) in [5, 5.41) is 10.8. The second-order valence-electron chi connectivity index (χ2n) is 3.27. The third-order valence-corrected chi connectivity index (χ3v) is 2.00. The van der Waals surface area contributed by atoms with Crippen LogP contribution in [0.4, 0.5) is 5.69 Å². The molecule has 0 fully saturated rings. The van der Waals surface area contributed by atoms with Gasteiger partial charge in [0.25, 0.3) is 5.69 Å². The molecule has 0 aliphatic heterocycles. The summed E-state index contributed by atoms with van der Waals surface area (Å²) in [4.78, 5) is 31.2. The zero-order valence-corrected chi connectivity index (χ0v) is 8.83. The van der Waals surface area contributed by atoms with E-state index in [1.54, 1.807) is 0 Å². The van der Waals surface area contributed by atoms with Gasteiger partial charge in [-0.05, 0) is 6.07 Å². The molecule has 2 N–H and O–H groups in total. The molecule has 0 unspecified atom stereocenters. The van der Waals surface area contributed by atoms with E-state index >= 15 is 0 Å². The zero-order chi connectivity index (χ0) is 12.8. The summed E-state index contributed by atoms with van der Waals surface area (Å²) in [6, 6.07) is 4.08. The van der Waals surface area contributed by atoms with E-state index < -0.39 is 10.8 Å². The molecule has 1 rings (SSSR count). The highest BCUT2D eigenvalue weighted by molar-refractivity contribution is 5.79. The number of amides is 1. The predicted molar refractivity (Wildman–Crippen MR) is 61.3 cm³/mol. The summed E-state index contributed by atoms with van der Waals surface area (Å²) in [5.74, 6) is -0.520. The van der Waals surface area contributed by atoms with Gasteiger partial charge in [-0.1, -0.05) is 18.2 Å². The Balaban J connectivity index is 3.06. The van der Waals surface area contributed by atoms with E-state index in [1.165, 1.54) is 30.4 Å². The van der Waals surface area contributed by atoms with Gasteiger partial charge in [-0.15, -0.1) is 0 Å². The molecule has 0 heterocycles. The molecule has 1 amide bonds. The molecule has 0 aliphatic rings. The molecule has 17 heavy (non-hydrogen) atoms. The summed E-state index contributed by atoms with van der Waals surface area (Å²) >= 11 is 0. The van der Waals surface area contributed by atoms with Crippen LogP contribution in [0.25, 0.3) is 6.08 Å². The molecule has 0 bridgehead atoms. The lowest BCUT2D eigenvalue weighted by molar-refractivity contribution is -0.385. The third kappa shape index (κ3) is 3.53. The van der Waals surface area contributed by atoms with Crippen molar-refractivity contribution in [1.29, 1.82) is 0 Å². The Bertz CT molecular complexity index is 494. The minimum Gasteiger partial charge on any atom is -0.369 e. The van der Waals surface area contributed by atoms with Crippen LogP contribution in [0.5, 0.6) is 0 Å². The standard InChI is InChI=1S/C11H10N2O4/c12-11(15)3-1-2-9-5-4-8(7-14)6-10(9)13(16)17/h1-2,4-7H,3H2,(H2,12,15). The van der Waals surface area contributed by atoms with Crippen molar-refractivity contribution < 1.29 is 14.5 Å². The molecule has 0 radical (unpaired) electrons. The molecule has 6 heteroatoms. The van der Waals surface area contributed by atoms with Gasteiger partial charge >= 0.3 is 0 Å². The van der Waals surface area contributed by atoms with Gasteiger partial charge in [0, 0.05) is 18.1 Å². The van der Waals surface area contributed by atoms with E-state index in [2.05, 4.69) is 0 Å². The fraction of sp³-hybridized carbons (Fsp3) is 0.0909. The first-order valence-corrected chi connectivity index (χ1v) is 4.73. The molecule has 1 aromatic rings. The highest BCUT2D eigenvalue weighted by Gasteiger charge is 2.11. The smallest absolute Gasteiger partial charge is 0.277 e. The lowest BCUT2D eigenvalue weighted by Crippen LogP contribution is -2.07. The lowest BCUT2D eigenvalue weighted by Gasteiger charge is -1.98. The second kappa shape index (κ2) is 5.55. The van der Waals surface area contributed by atoms with Gasteiger partial charge in [-0.3, -0.25) is 19.7 Å². The average molecular weight is 234 g/mol. The van der Waals surface area contributed by atoms with Crippen LogP contribution in [0.15, 0.2) is 24.3 Å². The van der Waals surface area contributed by atoms with Crippen LogP contribution in [0, 0.1) is 10.1 Å². The van der Waals surface area contributed by atoms with E-state index in [-0.39, 0.29) is 17.7 Å². The average Bonchev–Trinajstić information content (AvgIpc) is 2.28. The number of nitrogens with two attached hydrogens (primary N) is 1. The molecule has 0 saturated heterocycles. The van der Waals surface area contributed by atoms with E-state index in [0.717, 1.165) is 0 Å². The minimum absolute atomic E-state index is 0.00653. The molecule has 0 spiro atoms. The number of hydrogen-bond donors (Lipinski definition) is 1. The maximum absolute atomic E-state index is 10.8. The Labute approximate surface area is 96.9 Å². The molecule has 0 saturated carbocycles. The number of aldehydes is 1. The van der Waals surface area contributed by atoms with E-state index in [0.29, 0.717) is 11.8 Å². The highest BCUT2D eigenvalue weighted by atomic mass is 16.6. The number of hydrogen-bond acceptors (Lipinski definition) is 4. The fourth-order valence-corrected chi connectivity index (χ4v) is 1.24. The summed E-state index contributed by atoms with van der Waals surface area (Å²) in [5.41, 5.74) is 5.29. The predicted octanol–water partition coefficient (Wildman–Crippen LogP) is 1.30. The van der Waals surface area contributed by atoms with Crippen molar-refractivity contribution in [3.05, 3.63) is 45.5 Å². The molecule has 0 aliphatic carbocycles. The largest absolute Gasteiger partial charge is 0.369 e. The van der Waals surface area contributed by atoms with E-state index in [1.807, 2.05) is 0 Å². The zero-order valence-electron chi connectivity index (χ0n) is 8.83. The molecule has 1 aromatic carbocycles. The van der Waals surface area contributed by atoms with Gasteiger partial charge < -0.3 is 5.73 Å². The Kier molecular flexibility index (Phi) is 4.10. The van der Waals surface area contributed by atoms with Crippen LogP contribution in [-0.4, -0.2) is 17.1 Å². The van der Waals surface area contributed by atoms with Gasteiger partial charge in [0.2, 0.25) is 5.91 Å². The number of nitro groups is 1. The minimum atomic E-state index is -0.586. The monoisotopic (exact) mass is 234 g/mol. The molecule has 0 atom stereocenters. The van der Waals surface area contributed by atoms with Gasteiger partial charge in [-0.25, -0.2) is 0 Å². The maximum Gasteiger partial charge on any atom is 0.277 e. The molecule has 88 valence electrons. The van der Waals surface area contributed by atoms with Gasteiger partial charge in [0.1, 0.15) is 6.29 Å². The van der Waals surface area contributed by atoms with Gasteiger partial charge in [0.15, 0.2) is 0 Å². The number of primary amides is 1. The van der Waals surface area contributed by atoms with Crippen molar-refractivity contribution in [2.24, 2.45) is 5.73 Å². The van der Waals surface area contributed by atoms with E-state index in [4.69, 9.17) is 5.73 Å². The first-order chi connectivity index (χ1) is 8.04. The number of carbonyl (C=O) groups excluding carboxylic acids is 2. The Morgan fingerprint density at radius 3 is 2.71 bits per heavy atom. The normalized spacial score (nSPS) is 10.4. The van der Waals surface area contributed by atoms with Crippen molar-refractivity contribution in [3.63, 3.8) is 0 Å². The lowest BCUT2D eigenvalue weighted by atomic mass is 10.1. The maximum atomic E-state index is 10.8. The fourth-order valence-electron chi connectivity index (χ4n) is 1.24. The number of nitro benzene ring substituents is 1. The van der Waals surface area contributed by atoms with Crippen molar-refractivity contribution in [2.45, 2.75) is 6.42 Å². The molecule has 6 nitrogen and oxygen atoms in total. The number of carbonyl (C=O) groups is 2. The van der Waals surface area contributed by atoms with Gasteiger partial charge in [-0.2, -0.15) is 0 Å². The highest BCUT2D eigenvalue weighted by Crippen LogP contribution is 2.21. The molecule has 0 aromatic heterocycles. The number of benzene rings is 1. The molecular formula is C11H10N2O4. The second-order valence-corrected chi connectivity index (χ2v) is 3.27. The number of nitrogens with zero attached hydrogens (tertiary/aromatic N) is 1. The molecular weight excluding hydrogens is 224 g/mol. The van der Waals surface area contributed by atoms with Crippen LogP contribution in [0.3, 0.4) is 0 Å².